The van der Waals surface area contributed by atoms with Gasteiger partial charge in [0.2, 0.25) is 0 Å². The molecule has 16 heavy (non-hydrogen) atoms. The smallest absolute Gasteiger partial charge is 0.128 e. The minimum absolute atomic E-state index is 0.0695. The Hall–Kier alpha value is -1.16. The fourth-order valence-corrected chi connectivity index (χ4v) is 2.19. The zero-order chi connectivity index (χ0) is 11.5. The van der Waals surface area contributed by atoms with Crippen LogP contribution in [0, 0.1) is 11.6 Å². The summed E-state index contributed by atoms with van der Waals surface area (Å²) in [6, 6.07) is 3.65. The fourth-order valence-electron chi connectivity index (χ4n) is 2.19. The molecule has 0 spiro atoms. The molecule has 0 aromatic heterocycles. The van der Waals surface area contributed by atoms with Crippen LogP contribution in [-0.2, 0) is 0 Å². The molecule has 0 saturated heterocycles. The van der Waals surface area contributed by atoms with Crippen LogP contribution in [0.25, 0.3) is 0 Å². The van der Waals surface area contributed by atoms with Crippen LogP contribution in [0.4, 0.5) is 14.5 Å². The monoisotopic (exact) mass is 226 g/mol. The fraction of sp³-hybridized carbons (Fsp3) is 0.500. The quantitative estimate of drug-likeness (QED) is 0.813. The largest absolute Gasteiger partial charge is 0.381 e. The van der Waals surface area contributed by atoms with Crippen LogP contribution < -0.4 is 11.1 Å². The lowest BCUT2D eigenvalue weighted by molar-refractivity contribution is 0.404. The molecule has 0 radical (unpaired) electrons. The molecule has 88 valence electrons. The van der Waals surface area contributed by atoms with Crippen LogP contribution >= 0.6 is 0 Å². The van der Waals surface area contributed by atoms with Crippen molar-refractivity contribution in [3.8, 4) is 0 Å². The highest BCUT2D eigenvalue weighted by Gasteiger charge is 2.21. The van der Waals surface area contributed by atoms with Crippen LogP contribution in [0.3, 0.4) is 0 Å². The van der Waals surface area contributed by atoms with E-state index in [1.165, 1.54) is 12.1 Å². The summed E-state index contributed by atoms with van der Waals surface area (Å²) >= 11 is 0. The molecule has 1 aliphatic rings. The van der Waals surface area contributed by atoms with Crippen LogP contribution in [0.1, 0.15) is 25.7 Å². The van der Waals surface area contributed by atoms with Crippen molar-refractivity contribution >= 4 is 5.69 Å². The Labute approximate surface area is 93.8 Å². The van der Waals surface area contributed by atoms with Gasteiger partial charge in [0.15, 0.2) is 0 Å². The van der Waals surface area contributed by atoms with Gasteiger partial charge in [-0.2, -0.15) is 0 Å². The average Bonchev–Trinajstić information content (AvgIpc) is 2.20. The molecule has 0 bridgehead atoms. The van der Waals surface area contributed by atoms with Gasteiger partial charge in [0.25, 0.3) is 0 Å². The maximum atomic E-state index is 13.0. The number of hydrogen-bond acceptors (Lipinski definition) is 2. The van der Waals surface area contributed by atoms with Gasteiger partial charge in [0.1, 0.15) is 11.6 Å². The van der Waals surface area contributed by atoms with Crippen molar-refractivity contribution < 1.29 is 8.78 Å². The average molecular weight is 226 g/mol. The number of rotatable bonds is 2. The molecule has 0 unspecified atom stereocenters. The number of halogens is 2. The highest BCUT2D eigenvalue weighted by atomic mass is 19.1. The molecule has 0 heterocycles. The first kappa shape index (κ1) is 11.3. The third-order valence-electron chi connectivity index (χ3n) is 3.03. The maximum absolute atomic E-state index is 13.0. The van der Waals surface area contributed by atoms with Gasteiger partial charge >= 0.3 is 0 Å². The van der Waals surface area contributed by atoms with Crippen molar-refractivity contribution in [1.29, 1.82) is 0 Å². The molecule has 1 aliphatic carbocycles. The van der Waals surface area contributed by atoms with E-state index in [1.54, 1.807) is 0 Å². The predicted octanol–water partition coefficient (Wildman–Crippen LogP) is 2.65. The number of anilines is 1. The Morgan fingerprint density at radius 2 is 1.69 bits per heavy atom. The minimum atomic E-state index is -0.563. The summed E-state index contributed by atoms with van der Waals surface area (Å²) in [6.07, 6.45) is 4.18. The molecular weight excluding hydrogens is 210 g/mol. The molecule has 2 rings (SSSR count). The van der Waals surface area contributed by atoms with Crippen molar-refractivity contribution in [3.05, 3.63) is 29.8 Å². The Morgan fingerprint density at radius 3 is 2.31 bits per heavy atom. The van der Waals surface area contributed by atoms with Crippen molar-refractivity contribution in [2.24, 2.45) is 5.73 Å². The first-order valence-electron chi connectivity index (χ1n) is 5.63. The van der Waals surface area contributed by atoms with E-state index in [2.05, 4.69) is 5.32 Å². The number of benzene rings is 1. The molecule has 1 saturated carbocycles. The number of hydrogen-bond donors (Lipinski definition) is 2. The minimum Gasteiger partial charge on any atom is -0.381 e. The summed E-state index contributed by atoms with van der Waals surface area (Å²) < 4.78 is 25.9. The summed E-state index contributed by atoms with van der Waals surface area (Å²) in [7, 11) is 0. The lowest BCUT2D eigenvalue weighted by Gasteiger charge is -2.30. The van der Waals surface area contributed by atoms with E-state index in [4.69, 9.17) is 5.73 Å². The van der Waals surface area contributed by atoms with Crippen LogP contribution in [0.5, 0.6) is 0 Å². The molecular formula is C12H16F2N2. The summed E-state index contributed by atoms with van der Waals surface area (Å²) in [4.78, 5) is 0. The van der Waals surface area contributed by atoms with Gasteiger partial charge in [-0.25, -0.2) is 8.78 Å². The lowest BCUT2D eigenvalue weighted by Crippen LogP contribution is -2.42. The van der Waals surface area contributed by atoms with E-state index in [0.29, 0.717) is 5.69 Å². The standard InChI is InChI=1S/C12H16F2N2/c13-8-5-9(14)7-10(6-8)16-12-4-2-1-3-11(12)15/h5-7,11-12,16H,1-4,15H2/t11-,12+/m1/s1. The Morgan fingerprint density at radius 1 is 1.06 bits per heavy atom. The molecule has 2 nitrogen and oxygen atoms in total. The van der Waals surface area contributed by atoms with Crippen molar-refractivity contribution in [2.45, 2.75) is 37.8 Å². The van der Waals surface area contributed by atoms with Crippen LogP contribution in [0.2, 0.25) is 0 Å². The van der Waals surface area contributed by atoms with Gasteiger partial charge in [-0.1, -0.05) is 12.8 Å². The highest BCUT2D eigenvalue weighted by Crippen LogP contribution is 2.22. The summed E-state index contributed by atoms with van der Waals surface area (Å²) in [5.41, 5.74) is 6.43. The van der Waals surface area contributed by atoms with E-state index in [-0.39, 0.29) is 12.1 Å². The van der Waals surface area contributed by atoms with Crippen LogP contribution in [0.15, 0.2) is 18.2 Å². The predicted molar refractivity (Wildman–Crippen MR) is 60.2 cm³/mol. The van der Waals surface area contributed by atoms with Crippen molar-refractivity contribution in [1.82, 2.24) is 0 Å². The maximum Gasteiger partial charge on any atom is 0.128 e. The van der Waals surface area contributed by atoms with E-state index >= 15 is 0 Å². The third-order valence-corrected chi connectivity index (χ3v) is 3.03. The van der Waals surface area contributed by atoms with Gasteiger partial charge < -0.3 is 11.1 Å². The lowest BCUT2D eigenvalue weighted by atomic mass is 9.91. The van der Waals surface area contributed by atoms with Crippen molar-refractivity contribution in [2.75, 3.05) is 5.32 Å². The Balaban J connectivity index is 2.07. The SMILES string of the molecule is N[C@@H]1CCCC[C@@H]1Nc1cc(F)cc(F)c1. The topological polar surface area (TPSA) is 38.0 Å². The first-order chi connectivity index (χ1) is 7.65. The van der Waals surface area contributed by atoms with Gasteiger partial charge in [-0.15, -0.1) is 0 Å². The van der Waals surface area contributed by atoms with Gasteiger partial charge in [-0.3, -0.25) is 0 Å². The zero-order valence-electron chi connectivity index (χ0n) is 9.05. The molecule has 1 aromatic carbocycles. The molecule has 1 fully saturated rings. The second-order valence-electron chi connectivity index (χ2n) is 4.36. The molecule has 0 amide bonds. The van der Waals surface area contributed by atoms with Crippen molar-refractivity contribution in [3.63, 3.8) is 0 Å². The zero-order valence-corrected chi connectivity index (χ0v) is 9.05. The summed E-state index contributed by atoms with van der Waals surface area (Å²) in [5.74, 6) is -1.13. The number of nitrogens with one attached hydrogen (secondary N) is 1. The first-order valence-corrected chi connectivity index (χ1v) is 5.63. The molecule has 3 N–H and O–H groups in total. The molecule has 1 aromatic rings. The molecule has 4 heteroatoms. The van der Waals surface area contributed by atoms with E-state index < -0.39 is 11.6 Å². The van der Waals surface area contributed by atoms with Gasteiger partial charge in [0, 0.05) is 23.8 Å². The van der Waals surface area contributed by atoms with Gasteiger partial charge in [-0.05, 0) is 25.0 Å². The van der Waals surface area contributed by atoms with Gasteiger partial charge in [0.05, 0.1) is 0 Å². The Kier molecular flexibility index (Phi) is 3.39. The third kappa shape index (κ3) is 2.70. The second kappa shape index (κ2) is 4.78. The number of nitrogens with two attached hydrogens (primary N) is 1. The van der Waals surface area contributed by atoms with E-state index in [0.717, 1.165) is 31.7 Å². The Bertz CT molecular complexity index is 348. The van der Waals surface area contributed by atoms with E-state index in [1.807, 2.05) is 0 Å². The highest BCUT2D eigenvalue weighted by molar-refractivity contribution is 5.45. The van der Waals surface area contributed by atoms with Crippen LogP contribution in [-0.4, -0.2) is 12.1 Å². The normalized spacial score (nSPS) is 25.4. The molecule has 0 aliphatic heterocycles. The second-order valence-corrected chi connectivity index (χ2v) is 4.36. The van der Waals surface area contributed by atoms with E-state index in [9.17, 15) is 8.78 Å². The summed E-state index contributed by atoms with van der Waals surface area (Å²) in [6.45, 7) is 0. The summed E-state index contributed by atoms with van der Waals surface area (Å²) in [5, 5.41) is 3.11. The molecule has 2 atom stereocenters.